The van der Waals surface area contributed by atoms with Crippen LogP contribution in [-0.4, -0.2) is 247 Å². The first kappa shape index (κ1) is 74.8. The largest absolute Gasteiger partial charge is 0.465 e. The number of hydrogen-bond acceptors (Lipinski definition) is 24. The summed E-state index contributed by atoms with van der Waals surface area (Å²) in [6.07, 6.45) is 6.36. The van der Waals surface area contributed by atoms with Crippen molar-refractivity contribution in [3.8, 4) is 0 Å². The summed E-state index contributed by atoms with van der Waals surface area (Å²) in [4.78, 5) is 52.6. The van der Waals surface area contributed by atoms with Crippen LogP contribution in [0.15, 0.2) is 50.6 Å². The molecule has 0 heterocycles. The Morgan fingerprint density at radius 1 is 0.351 bits per heavy atom. The summed E-state index contributed by atoms with van der Waals surface area (Å²) >= 11 is 6.09. The molecule has 0 aromatic heterocycles. The van der Waals surface area contributed by atoms with E-state index >= 15 is 0 Å². The van der Waals surface area contributed by atoms with Crippen LogP contribution in [0.3, 0.4) is 0 Å². The number of hydrogen-bond donors (Lipinski definition) is 4. The van der Waals surface area contributed by atoms with Gasteiger partial charge in [0.25, 0.3) is 0 Å². The maximum absolute atomic E-state index is 13.2. The molecule has 0 aliphatic rings. The lowest BCUT2D eigenvalue weighted by Crippen LogP contribution is -2.44. The lowest BCUT2D eigenvalue weighted by molar-refractivity contribution is -0.170. The highest BCUT2D eigenvalue weighted by atomic mass is 32.2. The minimum atomic E-state index is -1.44. The summed E-state index contributed by atoms with van der Waals surface area (Å²) in [7, 11) is 0. The molecule has 0 aromatic rings. The van der Waals surface area contributed by atoms with Gasteiger partial charge in [-0.15, -0.1) is 26.3 Å². The lowest BCUT2D eigenvalue weighted by atomic mass is 9.92. The van der Waals surface area contributed by atoms with E-state index in [-0.39, 0.29) is 105 Å². The first-order chi connectivity index (χ1) is 37.4. The molecule has 0 spiro atoms. The lowest BCUT2D eigenvalue weighted by Gasteiger charge is -2.31. The van der Waals surface area contributed by atoms with E-state index < -0.39 is 53.7 Å². The van der Waals surface area contributed by atoms with Crippen molar-refractivity contribution < 1.29 is 96.4 Å². The monoisotopic (exact) mass is 1180 g/mol. The first-order valence-corrected chi connectivity index (χ1v) is 30.7. The van der Waals surface area contributed by atoms with Gasteiger partial charge in [-0.2, -0.15) is 47.0 Å². The number of esters is 4. The molecule has 0 rings (SSSR count). The van der Waals surface area contributed by atoms with Gasteiger partial charge in [-0.1, -0.05) is 24.3 Å². The second-order valence-corrected chi connectivity index (χ2v) is 22.1. The zero-order chi connectivity index (χ0) is 56.7. The minimum Gasteiger partial charge on any atom is -0.465 e. The third-order valence-corrected chi connectivity index (χ3v) is 14.0. The van der Waals surface area contributed by atoms with Crippen LogP contribution >= 0.6 is 47.0 Å². The Morgan fingerprint density at radius 2 is 0.558 bits per heavy atom. The summed E-state index contributed by atoms with van der Waals surface area (Å²) in [6.45, 7) is 16.9. The van der Waals surface area contributed by atoms with E-state index in [0.29, 0.717) is 125 Å². The summed E-state index contributed by atoms with van der Waals surface area (Å²) in [6, 6.07) is 0. The molecule has 4 atom stereocenters. The Bertz CT molecular complexity index is 1270. The van der Waals surface area contributed by atoms with Crippen molar-refractivity contribution in [3.05, 3.63) is 50.6 Å². The Labute approximate surface area is 475 Å². The van der Waals surface area contributed by atoms with E-state index in [0.717, 1.165) is 0 Å². The third-order valence-electron chi connectivity index (χ3n) is 9.69. The SMILES string of the molecule is C=CCOCC(O)COCCCSCCC(=O)OCC(COC(=O)CCSCCCOCC(O)COCC=C)(COC(=O)CCSCCCOCC(O)COCC=C)COC(=O)CCSCCCOCC(O)COCC=C. The normalized spacial score (nSPS) is 13.7. The van der Waals surface area contributed by atoms with Gasteiger partial charge >= 0.3 is 23.9 Å². The van der Waals surface area contributed by atoms with Crippen molar-refractivity contribution in [2.75, 3.05) is 178 Å². The Hall–Kier alpha value is -2.24. The molecule has 448 valence electrons. The fourth-order valence-electron chi connectivity index (χ4n) is 5.78. The molecule has 24 heteroatoms. The van der Waals surface area contributed by atoms with E-state index in [4.69, 9.17) is 56.8 Å². The van der Waals surface area contributed by atoms with Crippen LogP contribution in [0.5, 0.6) is 0 Å². The van der Waals surface area contributed by atoms with Crippen molar-refractivity contribution in [2.45, 2.75) is 75.8 Å². The van der Waals surface area contributed by atoms with Gasteiger partial charge < -0.3 is 77.3 Å². The number of carbonyl (C=O) groups excluding carboxylic acids is 4. The summed E-state index contributed by atoms with van der Waals surface area (Å²) in [5.41, 5.74) is -1.44. The smallest absolute Gasteiger partial charge is 0.306 e. The Morgan fingerprint density at radius 3 is 0.766 bits per heavy atom. The van der Waals surface area contributed by atoms with Crippen LogP contribution < -0.4 is 0 Å². The molecular formula is C53H92O20S4. The quantitative estimate of drug-likeness (QED) is 0.0282. The molecule has 0 saturated heterocycles. The average molecular weight is 1180 g/mol. The average Bonchev–Trinajstić information content (AvgIpc) is 3.41. The van der Waals surface area contributed by atoms with E-state index in [1.807, 2.05) is 0 Å². The molecular weight excluding hydrogens is 1080 g/mol. The van der Waals surface area contributed by atoms with Gasteiger partial charge in [-0.25, -0.2) is 0 Å². The van der Waals surface area contributed by atoms with Crippen molar-refractivity contribution >= 4 is 70.9 Å². The van der Waals surface area contributed by atoms with Gasteiger partial charge in [0.15, 0.2) is 0 Å². The Balaban J connectivity index is 5.59. The van der Waals surface area contributed by atoms with Gasteiger partial charge in [0.2, 0.25) is 0 Å². The highest BCUT2D eigenvalue weighted by Crippen LogP contribution is 2.24. The van der Waals surface area contributed by atoms with Crippen molar-refractivity contribution in [1.82, 2.24) is 0 Å². The zero-order valence-corrected chi connectivity index (χ0v) is 48.6. The molecule has 0 aliphatic heterocycles. The van der Waals surface area contributed by atoms with Crippen molar-refractivity contribution in [1.29, 1.82) is 0 Å². The van der Waals surface area contributed by atoms with Gasteiger partial charge in [0.1, 0.15) is 56.3 Å². The van der Waals surface area contributed by atoms with Crippen LogP contribution in [0.4, 0.5) is 0 Å². The van der Waals surface area contributed by atoms with Crippen LogP contribution in [0.2, 0.25) is 0 Å². The van der Waals surface area contributed by atoms with Gasteiger partial charge in [0, 0.05) is 49.4 Å². The van der Waals surface area contributed by atoms with E-state index in [1.54, 1.807) is 24.3 Å². The predicted octanol–water partition coefficient (Wildman–Crippen LogP) is 4.52. The molecule has 0 saturated carbocycles. The Kier molecular flexibility index (Phi) is 54.0. The highest BCUT2D eigenvalue weighted by molar-refractivity contribution is 7.99. The van der Waals surface area contributed by atoms with E-state index in [1.165, 1.54) is 47.0 Å². The maximum atomic E-state index is 13.2. The number of ether oxygens (including phenoxy) is 12. The zero-order valence-electron chi connectivity index (χ0n) is 45.4. The number of aliphatic hydroxyl groups excluding tert-OH is 4. The molecule has 0 aromatic carbocycles. The molecule has 20 nitrogen and oxygen atoms in total. The number of aliphatic hydroxyl groups is 4. The van der Waals surface area contributed by atoms with Gasteiger partial charge in [-0.05, 0) is 48.7 Å². The van der Waals surface area contributed by atoms with E-state index in [9.17, 15) is 39.6 Å². The number of rotatable bonds is 60. The van der Waals surface area contributed by atoms with Crippen LogP contribution in [0, 0.1) is 5.41 Å². The second-order valence-electron chi connectivity index (χ2n) is 17.2. The summed E-state index contributed by atoms with van der Waals surface area (Å²) in [5, 5.41) is 39.7. The standard InChI is InChI=1S/C53H92O20S4/c1-5-17-62-33-45(54)37-66-21-9-25-74-29-13-49(58)70-41-53(42-71-50(59)14-30-75-26-10-22-67-38-46(55)34-63-18-6-2,43-72-51(60)15-31-76-27-11-23-68-39-47(56)35-64-19-7-3)44-73-52(61)16-32-77-28-12-24-69-40-48(57)36-65-20-8-4/h5-8,45-48,54-57H,1-4,9-44H2. The topological polar surface area (TPSA) is 260 Å². The van der Waals surface area contributed by atoms with E-state index in [2.05, 4.69) is 26.3 Å². The molecule has 0 aliphatic carbocycles. The van der Waals surface area contributed by atoms with Crippen LogP contribution in [0.25, 0.3) is 0 Å². The first-order valence-electron chi connectivity index (χ1n) is 26.1. The van der Waals surface area contributed by atoms with Gasteiger partial charge in [-0.3, -0.25) is 19.2 Å². The number of carbonyl (C=O) groups is 4. The molecule has 0 radical (unpaired) electrons. The molecule has 4 unspecified atom stereocenters. The molecule has 77 heavy (non-hydrogen) atoms. The molecule has 0 fully saturated rings. The van der Waals surface area contributed by atoms with Crippen LogP contribution in [-0.2, 0) is 76.0 Å². The minimum absolute atomic E-state index is 0.0489. The molecule has 0 amide bonds. The molecule has 0 bridgehead atoms. The number of thioether (sulfide) groups is 4. The van der Waals surface area contributed by atoms with Crippen molar-refractivity contribution in [2.24, 2.45) is 5.41 Å². The highest BCUT2D eigenvalue weighted by Gasteiger charge is 2.38. The predicted molar refractivity (Wildman–Crippen MR) is 304 cm³/mol. The fraction of sp³-hybridized carbons (Fsp3) is 0.774. The summed E-state index contributed by atoms with van der Waals surface area (Å²) < 4.78 is 65.9. The molecule has 4 N–H and O–H groups in total. The van der Waals surface area contributed by atoms with Gasteiger partial charge in [0.05, 0.1) is 105 Å². The summed E-state index contributed by atoms with van der Waals surface area (Å²) in [5.74, 6) is 2.32. The second kappa shape index (κ2) is 55.7. The third kappa shape index (κ3) is 51.6. The van der Waals surface area contributed by atoms with Crippen molar-refractivity contribution in [3.63, 3.8) is 0 Å². The fourth-order valence-corrected chi connectivity index (χ4v) is 9.12. The maximum Gasteiger partial charge on any atom is 0.306 e. The van der Waals surface area contributed by atoms with Crippen LogP contribution in [0.1, 0.15) is 51.4 Å².